The molecule has 19 heavy (non-hydrogen) atoms. The highest BCUT2D eigenvalue weighted by molar-refractivity contribution is 5.94. The summed E-state index contributed by atoms with van der Waals surface area (Å²) in [6, 6.07) is 7.52. The zero-order chi connectivity index (χ0) is 14.0. The molecule has 0 spiro atoms. The molecule has 1 aromatic carbocycles. The van der Waals surface area contributed by atoms with Crippen LogP contribution in [0.3, 0.4) is 0 Å². The molecular formula is C15H22N2O2. The molecule has 1 unspecified atom stereocenters. The smallest absolute Gasteiger partial charge is 0.253 e. The van der Waals surface area contributed by atoms with Gasteiger partial charge >= 0.3 is 0 Å². The first-order chi connectivity index (χ1) is 8.99. The maximum absolute atomic E-state index is 12.2. The summed E-state index contributed by atoms with van der Waals surface area (Å²) in [5.74, 6) is 0.358. The number of benzene rings is 1. The number of carbonyl (C=O) groups is 1. The van der Waals surface area contributed by atoms with Gasteiger partial charge < -0.3 is 14.9 Å². The van der Waals surface area contributed by atoms with E-state index in [2.05, 4.69) is 0 Å². The van der Waals surface area contributed by atoms with Crippen LogP contribution in [0.2, 0.25) is 0 Å². The second kappa shape index (κ2) is 5.61. The van der Waals surface area contributed by atoms with E-state index in [0.29, 0.717) is 18.0 Å². The predicted octanol–water partition coefficient (Wildman–Crippen LogP) is 1.60. The lowest BCUT2D eigenvalue weighted by Crippen LogP contribution is -2.35. The quantitative estimate of drug-likeness (QED) is 0.876. The standard InChI is InChI=1S/C15H22N2O2/c1-16(2)13-8-6-12(7-9-13)15(19)17(3)10-14(18)11-4-5-11/h6-9,11,14,18H,4-5,10H2,1-3H3. The summed E-state index contributed by atoms with van der Waals surface area (Å²) in [5, 5.41) is 9.87. The Labute approximate surface area is 114 Å². The van der Waals surface area contributed by atoms with E-state index in [1.807, 2.05) is 43.3 Å². The monoisotopic (exact) mass is 262 g/mol. The van der Waals surface area contributed by atoms with Crippen LogP contribution in [0.15, 0.2) is 24.3 Å². The van der Waals surface area contributed by atoms with Crippen molar-refractivity contribution in [2.75, 3.05) is 32.6 Å². The van der Waals surface area contributed by atoms with Crippen molar-refractivity contribution in [3.05, 3.63) is 29.8 Å². The molecule has 0 radical (unpaired) electrons. The lowest BCUT2D eigenvalue weighted by molar-refractivity contribution is 0.0645. The Hall–Kier alpha value is -1.55. The molecule has 0 saturated heterocycles. The number of aliphatic hydroxyl groups is 1. The van der Waals surface area contributed by atoms with E-state index in [1.54, 1.807) is 11.9 Å². The summed E-state index contributed by atoms with van der Waals surface area (Å²) in [6.45, 7) is 0.416. The molecule has 104 valence electrons. The maximum atomic E-state index is 12.2. The normalized spacial score (nSPS) is 16.0. The number of hydrogen-bond acceptors (Lipinski definition) is 3. The number of anilines is 1. The molecule has 2 rings (SSSR count). The zero-order valence-electron chi connectivity index (χ0n) is 11.8. The SMILES string of the molecule is CN(CC(O)C1CC1)C(=O)c1ccc(N(C)C)cc1. The highest BCUT2D eigenvalue weighted by atomic mass is 16.3. The van der Waals surface area contributed by atoms with Crippen molar-refractivity contribution in [1.29, 1.82) is 0 Å². The highest BCUT2D eigenvalue weighted by Gasteiger charge is 2.31. The van der Waals surface area contributed by atoms with E-state index in [4.69, 9.17) is 0 Å². The zero-order valence-corrected chi connectivity index (χ0v) is 11.8. The Morgan fingerprint density at radius 3 is 2.32 bits per heavy atom. The largest absolute Gasteiger partial charge is 0.391 e. The predicted molar refractivity (Wildman–Crippen MR) is 76.5 cm³/mol. The van der Waals surface area contributed by atoms with Crippen LogP contribution in [0, 0.1) is 5.92 Å². The fraction of sp³-hybridized carbons (Fsp3) is 0.533. The van der Waals surface area contributed by atoms with E-state index in [-0.39, 0.29) is 12.0 Å². The van der Waals surface area contributed by atoms with Crippen LogP contribution in [-0.2, 0) is 0 Å². The number of likely N-dealkylation sites (N-methyl/N-ethyl adjacent to an activating group) is 1. The molecule has 0 bridgehead atoms. The third kappa shape index (κ3) is 3.47. The van der Waals surface area contributed by atoms with Crippen molar-refractivity contribution in [3.8, 4) is 0 Å². The molecule has 1 atom stereocenters. The Balaban J connectivity index is 1.97. The average Bonchev–Trinajstić information content (AvgIpc) is 3.22. The number of nitrogens with zero attached hydrogens (tertiary/aromatic N) is 2. The van der Waals surface area contributed by atoms with Gasteiger partial charge in [-0.15, -0.1) is 0 Å². The van der Waals surface area contributed by atoms with E-state index in [1.165, 1.54) is 0 Å². The van der Waals surface area contributed by atoms with E-state index in [9.17, 15) is 9.90 Å². The number of rotatable bonds is 5. The molecule has 0 heterocycles. The molecule has 1 fully saturated rings. The summed E-state index contributed by atoms with van der Waals surface area (Å²) in [7, 11) is 5.68. The second-order valence-electron chi connectivity index (χ2n) is 5.53. The lowest BCUT2D eigenvalue weighted by Gasteiger charge is -2.21. The van der Waals surface area contributed by atoms with Crippen LogP contribution in [0.25, 0.3) is 0 Å². The van der Waals surface area contributed by atoms with Gasteiger partial charge in [-0.2, -0.15) is 0 Å². The molecule has 1 amide bonds. The summed E-state index contributed by atoms with van der Waals surface area (Å²) in [6.07, 6.45) is 1.79. The van der Waals surface area contributed by atoms with E-state index >= 15 is 0 Å². The fourth-order valence-electron chi connectivity index (χ4n) is 2.12. The molecule has 1 aliphatic rings. The first-order valence-electron chi connectivity index (χ1n) is 6.70. The van der Waals surface area contributed by atoms with Gasteiger partial charge in [-0.3, -0.25) is 4.79 Å². The minimum Gasteiger partial charge on any atom is -0.391 e. The van der Waals surface area contributed by atoms with Crippen LogP contribution >= 0.6 is 0 Å². The number of aliphatic hydroxyl groups excluding tert-OH is 1. The number of amides is 1. The highest BCUT2D eigenvalue weighted by Crippen LogP contribution is 2.32. The summed E-state index contributed by atoms with van der Waals surface area (Å²) >= 11 is 0. The molecule has 4 heteroatoms. The Kier molecular flexibility index (Phi) is 4.10. The second-order valence-corrected chi connectivity index (χ2v) is 5.53. The van der Waals surface area contributed by atoms with Crippen molar-refractivity contribution >= 4 is 11.6 Å². The molecule has 1 aliphatic carbocycles. The average molecular weight is 262 g/mol. The van der Waals surface area contributed by atoms with Gasteiger partial charge in [-0.05, 0) is 43.0 Å². The third-order valence-electron chi connectivity index (χ3n) is 3.60. The molecule has 1 aromatic rings. The van der Waals surface area contributed by atoms with Gasteiger partial charge in [0.05, 0.1) is 6.10 Å². The lowest BCUT2D eigenvalue weighted by atomic mass is 10.1. The first kappa shape index (κ1) is 13.9. The Morgan fingerprint density at radius 2 is 1.84 bits per heavy atom. The summed E-state index contributed by atoms with van der Waals surface area (Å²) in [5.41, 5.74) is 1.73. The van der Waals surface area contributed by atoms with E-state index in [0.717, 1.165) is 18.5 Å². The Bertz CT molecular complexity index is 438. The van der Waals surface area contributed by atoms with Crippen LogP contribution in [0.4, 0.5) is 5.69 Å². The molecule has 4 nitrogen and oxygen atoms in total. The van der Waals surface area contributed by atoms with Crippen molar-refractivity contribution in [2.24, 2.45) is 5.92 Å². The van der Waals surface area contributed by atoms with Crippen molar-refractivity contribution in [2.45, 2.75) is 18.9 Å². The van der Waals surface area contributed by atoms with Gasteiger partial charge in [-0.25, -0.2) is 0 Å². The number of carbonyl (C=O) groups excluding carboxylic acids is 1. The van der Waals surface area contributed by atoms with Crippen molar-refractivity contribution in [3.63, 3.8) is 0 Å². The van der Waals surface area contributed by atoms with Crippen LogP contribution in [0.1, 0.15) is 23.2 Å². The van der Waals surface area contributed by atoms with Crippen LogP contribution in [-0.4, -0.2) is 49.7 Å². The molecule has 1 N–H and O–H groups in total. The van der Waals surface area contributed by atoms with Gasteiger partial charge in [0.1, 0.15) is 0 Å². The van der Waals surface area contributed by atoms with Gasteiger partial charge in [0.25, 0.3) is 5.91 Å². The minimum atomic E-state index is -0.380. The van der Waals surface area contributed by atoms with Gasteiger partial charge in [-0.1, -0.05) is 0 Å². The van der Waals surface area contributed by atoms with Gasteiger partial charge in [0.2, 0.25) is 0 Å². The Morgan fingerprint density at radius 1 is 1.26 bits per heavy atom. The molecular weight excluding hydrogens is 240 g/mol. The molecule has 0 aliphatic heterocycles. The molecule has 0 aromatic heterocycles. The molecule has 1 saturated carbocycles. The minimum absolute atomic E-state index is 0.0370. The van der Waals surface area contributed by atoms with Crippen molar-refractivity contribution in [1.82, 2.24) is 4.90 Å². The van der Waals surface area contributed by atoms with Crippen molar-refractivity contribution < 1.29 is 9.90 Å². The van der Waals surface area contributed by atoms with Gasteiger partial charge in [0.15, 0.2) is 0 Å². The maximum Gasteiger partial charge on any atom is 0.253 e. The topological polar surface area (TPSA) is 43.8 Å². The van der Waals surface area contributed by atoms with Gasteiger partial charge in [0, 0.05) is 38.9 Å². The van der Waals surface area contributed by atoms with Crippen LogP contribution < -0.4 is 4.90 Å². The van der Waals surface area contributed by atoms with Crippen LogP contribution in [0.5, 0.6) is 0 Å². The fourth-order valence-corrected chi connectivity index (χ4v) is 2.12. The summed E-state index contributed by atoms with van der Waals surface area (Å²) in [4.78, 5) is 15.8. The third-order valence-corrected chi connectivity index (χ3v) is 3.60. The number of hydrogen-bond donors (Lipinski definition) is 1. The first-order valence-corrected chi connectivity index (χ1v) is 6.70. The summed E-state index contributed by atoms with van der Waals surface area (Å²) < 4.78 is 0. The van der Waals surface area contributed by atoms with E-state index < -0.39 is 0 Å².